The van der Waals surface area contributed by atoms with Gasteiger partial charge < -0.3 is 10.3 Å². The van der Waals surface area contributed by atoms with Crippen LogP contribution in [-0.4, -0.2) is 16.2 Å². The third-order valence-corrected chi connectivity index (χ3v) is 1.99. The van der Waals surface area contributed by atoms with Gasteiger partial charge in [0.1, 0.15) is 6.67 Å². The Labute approximate surface area is 75.0 Å². The number of nitrogens with zero attached hydrogens (tertiary/aromatic N) is 2. The summed E-state index contributed by atoms with van der Waals surface area (Å²) in [5.41, 5.74) is 7.32. The number of anilines is 1. The van der Waals surface area contributed by atoms with Gasteiger partial charge in [-0.25, -0.2) is 9.37 Å². The Morgan fingerprint density at radius 3 is 2.92 bits per heavy atom. The number of benzene rings is 1. The minimum absolute atomic E-state index is 0.270. The van der Waals surface area contributed by atoms with Crippen LogP contribution in [0.2, 0.25) is 0 Å². The molecule has 0 bridgehead atoms. The van der Waals surface area contributed by atoms with E-state index in [-0.39, 0.29) is 6.54 Å². The number of aryl methyl sites for hydroxylation is 1. The second-order valence-electron chi connectivity index (χ2n) is 2.80. The van der Waals surface area contributed by atoms with Gasteiger partial charge in [-0.1, -0.05) is 12.1 Å². The van der Waals surface area contributed by atoms with Crippen molar-refractivity contribution in [1.29, 1.82) is 0 Å². The standard InChI is InChI=1S/C9H10FN3/c10-5-6-13-8-4-2-1-3-7(8)12-9(13)11/h1-4H,5-6H2,(H2,11,12). The van der Waals surface area contributed by atoms with Crippen LogP contribution in [0.25, 0.3) is 11.0 Å². The molecule has 13 heavy (non-hydrogen) atoms. The molecule has 1 heterocycles. The van der Waals surface area contributed by atoms with E-state index in [4.69, 9.17) is 5.73 Å². The van der Waals surface area contributed by atoms with Gasteiger partial charge in [0.15, 0.2) is 0 Å². The van der Waals surface area contributed by atoms with Crippen molar-refractivity contribution in [2.24, 2.45) is 0 Å². The van der Waals surface area contributed by atoms with Gasteiger partial charge in [-0.2, -0.15) is 0 Å². The largest absolute Gasteiger partial charge is 0.369 e. The smallest absolute Gasteiger partial charge is 0.201 e. The number of hydrogen-bond donors (Lipinski definition) is 1. The molecule has 3 nitrogen and oxygen atoms in total. The summed E-state index contributed by atoms with van der Waals surface area (Å²) < 4.78 is 13.8. The number of para-hydroxylation sites is 2. The van der Waals surface area contributed by atoms with Crippen molar-refractivity contribution in [1.82, 2.24) is 9.55 Å². The molecule has 0 aliphatic carbocycles. The van der Waals surface area contributed by atoms with Crippen molar-refractivity contribution in [3.05, 3.63) is 24.3 Å². The van der Waals surface area contributed by atoms with Crippen LogP contribution in [0.3, 0.4) is 0 Å². The van der Waals surface area contributed by atoms with Gasteiger partial charge in [0.2, 0.25) is 5.95 Å². The van der Waals surface area contributed by atoms with Gasteiger partial charge in [0, 0.05) is 0 Å². The molecule has 0 spiro atoms. The molecule has 1 aromatic heterocycles. The first-order valence-corrected chi connectivity index (χ1v) is 4.09. The fourth-order valence-electron chi connectivity index (χ4n) is 1.41. The Hall–Kier alpha value is -1.58. The highest BCUT2D eigenvalue weighted by atomic mass is 19.1. The Bertz CT molecular complexity index is 422. The summed E-state index contributed by atoms with van der Waals surface area (Å²) in [6, 6.07) is 7.52. The normalized spacial score (nSPS) is 10.8. The second kappa shape index (κ2) is 3.05. The van der Waals surface area contributed by atoms with Gasteiger partial charge in [0.25, 0.3) is 0 Å². The lowest BCUT2D eigenvalue weighted by Gasteiger charge is -2.01. The number of nitrogens with two attached hydrogens (primary N) is 1. The van der Waals surface area contributed by atoms with Crippen molar-refractivity contribution >= 4 is 17.0 Å². The van der Waals surface area contributed by atoms with Crippen LogP contribution < -0.4 is 5.73 Å². The van der Waals surface area contributed by atoms with E-state index in [0.29, 0.717) is 5.95 Å². The number of hydrogen-bond acceptors (Lipinski definition) is 2. The topological polar surface area (TPSA) is 43.8 Å². The average Bonchev–Trinajstić information content (AvgIpc) is 2.44. The third-order valence-electron chi connectivity index (χ3n) is 1.99. The minimum atomic E-state index is -0.426. The van der Waals surface area contributed by atoms with Crippen LogP contribution in [0.15, 0.2) is 24.3 Å². The summed E-state index contributed by atoms with van der Waals surface area (Å²) in [6.45, 7) is -0.156. The molecular weight excluding hydrogens is 169 g/mol. The van der Waals surface area contributed by atoms with Crippen molar-refractivity contribution in [3.8, 4) is 0 Å². The molecule has 68 valence electrons. The summed E-state index contributed by atoms with van der Waals surface area (Å²) >= 11 is 0. The lowest BCUT2D eigenvalue weighted by Crippen LogP contribution is -2.04. The average molecular weight is 179 g/mol. The number of fused-ring (bicyclic) bond motifs is 1. The van der Waals surface area contributed by atoms with E-state index in [0.717, 1.165) is 11.0 Å². The van der Waals surface area contributed by atoms with E-state index < -0.39 is 6.67 Å². The van der Waals surface area contributed by atoms with Crippen LogP contribution in [-0.2, 0) is 6.54 Å². The molecule has 0 atom stereocenters. The summed E-state index contributed by atoms with van der Waals surface area (Å²) in [5, 5.41) is 0. The lowest BCUT2D eigenvalue weighted by molar-refractivity contribution is 0.452. The molecule has 0 fully saturated rings. The molecule has 0 aliphatic rings. The lowest BCUT2D eigenvalue weighted by atomic mass is 10.3. The highest BCUT2D eigenvalue weighted by Gasteiger charge is 2.05. The van der Waals surface area contributed by atoms with Gasteiger partial charge in [-0.05, 0) is 12.1 Å². The molecule has 2 N–H and O–H groups in total. The van der Waals surface area contributed by atoms with E-state index >= 15 is 0 Å². The Kier molecular flexibility index (Phi) is 1.88. The maximum Gasteiger partial charge on any atom is 0.201 e. The van der Waals surface area contributed by atoms with Gasteiger partial charge in [-0.3, -0.25) is 0 Å². The maximum absolute atomic E-state index is 12.2. The number of alkyl halides is 1. The van der Waals surface area contributed by atoms with Gasteiger partial charge in [0.05, 0.1) is 17.6 Å². The molecule has 0 amide bonds. The van der Waals surface area contributed by atoms with Crippen LogP contribution in [0.5, 0.6) is 0 Å². The molecule has 2 rings (SSSR count). The molecule has 1 aromatic carbocycles. The highest BCUT2D eigenvalue weighted by Crippen LogP contribution is 2.16. The Balaban J connectivity index is 2.64. The molecular formula is C9H10FN3. The predicted molar refractivity (Wildman–Crippen MR) is 50.1 cm³/mol. The van der Waals surface area contributed by atoms with Crippen LogP contribution >= 0.6 is 0 Å². The van der Waals surface area contributed by atoms with Crippen molar-refractivity contribution < 1.29 is 4.39 Å². The first-order valence-electron chi connectivity index (χ1n) is 4.09. The summed E-state index contributed by atoms with van der Waals surface area (Å²) in [4.78, 5) is 4.11. The molecule has 0 saturated carbocycles. The fraction of sp³-hybridized carbons (Fsp3) is 0.222. The monoisotopic (exact) mass is 179 g/mol. The summed E-state index contributed by atoms with van der Waals surface area (Å²) in [6.07, 6.45) is 0. The Morgan fingerprint density at radius 2 is 2.15 bits per heavy atom. The van der Waals surface area contributed by atoms with Crippen molar-refractivity contribution in [3.63, 3.8) is 0 Å². The molecule has 0 radical (unpaired) electrons. The summed E-state index contributed by atoms with van der Waals surface area (Å²) in [7, 11) is 0. The predicted octanol–water partition coefficient (Wildman–Crippen LogP) is 1.59. The number of nitrogen functional groups attached to an aromatic ring is 1. The molecule has 0 saturated heterocycles. The van der Waals surface area contributed by atoms with Crippen LogP contribution in [0, 0.1) is 0 Å². The van der Waals surface area contributed by atoms with Crippen LogP contribution in [0.4, 0.5) is 10.3 Å². The van der Waals surface area contributed by atoms with E-state index in [9.17, 15) is 4.39 Å². The number of halogens is 1. The van der Waals surface area contributed by atoms with E-state index in [1.54, 1.807) is 4.57 Å². The third kappa shape index (κ3) is 1.24. The SMILES string of the molecule is Nc1nc2ccccc2n1CCF. The maximum atomic E-state index is 12.2. The zero-order chi connectivity index (χ0) is 9.26. The van der Waals surface area contributed by atoms with E-state index in [1.165, 1.54) is 0 Å². The molecule has 4 heteroatoms. The fourth-order valence-corrected chi connectivity index (χ4v) is 1.41. The number of rotatable bonds is 2. The van der Waals surface area contributed by atoms with E-state index in [1.807, 2.05) is 24.3 Å². The van der Waals surface area contributed by atoms with E-state index in [2.05, 4.69) is 4.98 Å². The number of imidazole rings is 1. The number of aromatic nitrogens is 2. The molecule has 0 unspecified atom stereocenters. The Morgan fingerprint density at radius 1 is 1.38 bits per heavy atom. The van der Waals surface area contributed by atoms with Crippen molar-refractivity contribution in [2.75, 3.05) is 12.4 Å². The zero-order valence-corrected chi connectivity index (χ0v) is 7.07. The minimum Gasteiger partial charge on any atom is -0.369 e. The first kappa shape index (κ1) is 8.04. The highest BCUT2D eigenvalue weighted by molar-refractivity contribution is 5.78. The zero-order valence-electron chi connectivity index (χ0n) is 7.07. The second-order valence-corrected chi connectivity index (χ2v) is 2.80. The van der Waals surface area contributed by atoms with Gasteiger partial charge in [-0.15, -0.1) is 0 Å². The first-order chi connectivity index (χ1) is 6.33. The van der Waals surface area contributed by atoms with Gasteiger partial charge >= 0.3 is 0 Å². The molecule has 2 aromatic rings. The van der Waals surface area contributed by atoms with Crippen LogP contribution in [0.1, 0.15) is 0 Å². The molecule has 0 aliphatic heterocycles. The summed E-state index contributed by atoms with van der Waals surface area (Å²) in [5.74, 6) is 0.374. The quantitative estimate of drug-likeness (QED) is 0.760. The van der Waals surface area contributed by atoms with Crippen molar-refractivity contribution in [2.45, 2.75) is 6.54 Å².